The van der Waals surface area contributed by atoms with Gasteiger partial charge in [-0.15, -0.1) is 0 Å². The van der Waals surface area contributed by atoms with Crippen molar-refractivity contribution >= 4 is 16.9 Å². The number of hydrogen-bond acceptors (Lipinski definition) is 6. The van der Waals surface area contributed by atoms with Crippen LogP contribution in [0.4, 0.5) is 0 Å². The molecule has 0 aliphatic rings. The molecule has 8 heteroatoms. The van der Waals surface area contributed by atoms with E-state index in [0.29, 0.717) is 36.1 Å². The van der Waals surface area contributed by atoms with Gasteiger partial charge >= 0.3 is 0 Å². The lowest BCUT2D eigenvalue weighted by atomic mass is 10.1. The molecule has 0 bridgehead atoms. The monoisotopic (exact) mass is 462 g/mol. The first-order valence-corrected chi connectivity index (χ1v) is 11.5. The number of hydrogen-bond donors (Lipinski definition) is 3. The highest BCUT2D eigenvalue weighted by atomic mass is 16.6. The fourth-order valence-electron chi connectivity index (χ4n) is 3.58. The minimum absolute atomic E-state index is 0.139. The van der Waals surface area contributed by atoms with Crippen molar-refractivity contribution in [2.75, 3.05) is 19.7 Å². The molecule has 178 valence electrons. The van der Waals surface area contributed by atoms with Crippen LogP contribution in [0, 0.1) is 6.92 Å². The molecule has 0 aliphatic carbocycles. The average molecular weight is 463 g/mol. The lowest BCUT2D eigenvalue weighted by molar-refractivity contribution is 0.0953. The summed E-state index contributed by atoms with van der Waals surface area (Å²) < 4.78 is 17.9. The van der Waals surface area contributed by atoms with E-state index in [9.17, 15) is 4.79 Å². The van der Waals surface area contributed by atoms with E-state index in [-0.39, 0.29) is 5.91 Å². The number of carbonyl (C=O) groups is 1. The maximum Gasteiger partial charge on any atom is 0.295 e. The topological polar surface area (TPSA) is 101 Å². The fraction of sp³-hybridized carbons (Fsp3) is 0.308. The molecule has 0 saturated heterocycles. The first-order valence-electron chi connectivity index (χ1n) is 11.5. The third-order valence-corrected chi connectivity index (χ3v) is 5.34. The molecule has 4 rings (SSSR count). The molecule has 3 aromatic heterocycles. The van der Waals surface area contributed by atoms with Gasteiger partial charge in [-0.3, -0.25) is 9.78 Å². The Bertz CT molecular complexity index is 1220. The van der Waals surface area contributed by atoms with Crippen molar-refractivity contribution in [3.8, 4) is 17.6 Å². The van der Waals surface area contributed by atoms with Crippen molar-refractivity contribution in [1.29, 1.82) is 0 Å². The zero-order chi connectivity index (χ0) is 23.8. The Morgan fingerprint density at radius 1 is 1.21 bits per heavy atom. The molecule has 0 aliphatic heterocycles. The van der Waals surface area contributed by atoms with Crippen LogP contribution < -0.4 is 20.1 Å². The maximum absolute atomic E-state index is 12.1. The van der Waals surface area contributed by atoms with E-state index in [1.54, 1.807) is 18.5 Å². The van der Waals surface area contributed by atoms with Gasteiger partial charge in [0, 0.05) is 43.3 Å². The predicted molar refractivity (Wildman–Crippen MR) is 130 cm³/mol. The number of H-pyrrole nitrogens is 1. The standard InChI is InChI=1S/C26H30N4O4/c1-3-10-29-25(31)20-14-23(30-17-20)34-26-18(2)24-21(8-4-9-22(24)33-26)32-13-6-12-28-16-19-7-5-11-27-15-19/h4-5,7-9,11,14-15,17,28,30H,3,6,10,12-13,16H2,1-2H3,(H,29,31). The summed E-state index contributed by atoms with van der Waals surface area (Å²) in [6.07, 6.45) is 7.00. The van der Waals surface area contributed by atoms with Gasteiger partial charge in [0.25, 0.3) is 11.9 Å². The Hall–Kier alpha value is -3.78. The number of ether oxygens (including phenoxy) is 2. The van der Waals surface area contributed by atoms with Gasteiger partial charge < -0.3 is 29.5 Å². The highest BCUT2D eigenvalue weighted by Gasteiger charge is 2.18. The summed E-state index contributed by atoms with van der Waals surface area (Å²) in [4.78, 5) is 19.2. The lowest BCUT2D eigenvalue weighted by Gasteiger charge is -2.08. The quantitative estimate of drug-likeness (QED) is 0.257. The van der Waals surface area contributed by atoms with Gasteiger partial charge in [-0.05, 0) is 50.1 Å². The highest BCUT2D eigenvalue weighted by molar-refractivity contribution is 5.94. The van der Waals surface area contributed by atoms with Crippen molar-refractivity contribution < 1.29 is 18.7 Å². The number of aromatic amines is 1. The number of benzene rings is 1. The Labute approximate surface area is 198 Å². The molecule has 3 N–H and O–H groups in total. The zero-order valence-electron chi connectivity index (χ0n) is 19.5. The number of nitrogens with one attached hydrogen (secondary N) is 3. The molecule has 0 radical (unpaired) electrons. The van der Waals surface area contributed by atoms with E-state index >= 15 is 0 Å². The third-order valence-electron chi connectivity index (χ3n) is 5.34. The number of amides is 1. The molecular formula is C26H30N4O4. The molecule has 1 amide bonds. The van der Waals surface area contributed by atoms with Crippen LogP contribution in [0.3, 0.4) is 0 Å². The van der Waals surface area contributed by atoms with Gasteiger partial charge in [0.1, 0.15) is 11.3 Å². The second kappa shape index (κ2) is 11.4. The average Bonchev–Trinajstić information content (AvgIpc) is 3.45. The minimum Gasteiger partial charge on any atom is -0.493 e. The number of carbonyl (C=O) groups excluding carboxylic acids is 1. The number of rotatable bonds is 12. The summed E-state index contributed by atoms with van der Waals surface area (Å²) in [5.74, 6) is 1.42. The molecule has 8 nitrogen and oxygen atoms in total. The van der Waals surface area contributed by atoms with Gasteiger partial charge in [0.2, 0.25) is 5.88 Å². The van der Waals surface area contributed by atoms with Crippen LogP contribution >= 0.6 is 0 Å². The number of fused-ring (bicyclic) bond motifs is 1. The fourth-order valence-corrected chi connectivity index (χ4v) is 3.58. The molecule has 0 atom stereocenters. The Balaban J connectivity index is 1.34. The summed E-state index contributed by atoms with van der Waals surface area (Å²) in [5, 5.41) is 7.13. The molecule has 4 aromatic rings. The summed E-state index contributed by atoms with van der Waals surface area (Å²) in [5.41, 5.74) is 3.20. The van der Waals surface area contributed by atoms with E-state index in [1.165, 1.54) is 0 Å². The van der Waals surface area contributed by atoms with Gasteiger partial charge in [-0.2, -0.15) is 0 Å². The van der Waals surface area contributed by atoms with E-state index in [1.807, 2.05) is 50.4 Å². The van der Waals surface area contributed by atoms with E-state index in [0.717, 1.165) is 48.2 Å². The Morgan fingerprint density at radius 3 is 2.94 bits per heavy atom. The van der Waals surface area contributed by atoms with Gasteiger partial charge in [-0.1, -0.05) is 19.1 Å². The van der Waals surface area contributed by atoms with Crippen LogP contribution in [0.25, 0.3) is 11.0 Å². The number of pyridine rings is 1. The molecule has 0 unspecified atom stereocenters. The number of aryl methyl sites for hydroxylation is 1. The number of furan rings is 1. The Kier molecular flexibility index (Phi) is 7.83. The van der Waals surface area contributed by atoms with Crippen LogP contribution in [-0.2, 0) is 6.54 Å². The van der Waals surface area contributed by atoms with Crippen LogP contribution in [0.2, 0.25) is 0 Å². The smallest absolute Gasteiger partial charge is 0.295 e. The minimum atomic E-state index is -0.139. The second-order valence-corrected chi connectivity index (χ2v) is 7.99. The number of aromatic nitrogens is 2. The van der Waals surface area contributed by atoms with Crippen molar-refractivity contribution in [2.45, 2.75) is 33.2 Å². The largest absolute Gasteiger partial charge is 0.493 e. The van der Waals surface area contributed by atoms with E-state index < -0.39 is 0 Å². The van der Waals surface area contributed by atoms with Crippen LogP contribution in [0.15, 0.2) is 59.4 Å². The van der Waals surface area contributed by atoms with Gasteiger partial charge in [-0.25, -0.2) is 0 Å². The molecular weight excluding hydrogens is 432 g/mol. The summed E-state index contributed by atoms with van der Waals surface area (Å²) >= 11 is 0. The normalized spacial score (nSPS) is 11.0. The molecule has 34 heavy (non-hydrogen) atoms. The summed E-state index contributed by atoms with van der Waals surface area (Å²) in [6.45, 7) is 6.77. The molecule has 0 saturated carbocycles. The van der Waals surface area contributed by atoms with Crippen LogP contribution in [0.1, 0.15) is 41.3 Å². The van der Waals surface area contributed by atoms with Crippen molar-refractivity contribution in [3.63, 3.8) is 0 Å². The lowest BCUT2D eigenvalue weighted by Crippen LogP contribution is -2.23. The van der Waals surface area contributed by atoms with Crippen molar-refractivity contribution in [1.82, 2.24) is 20.6 Å². The maximum atomic E-state index is 12.1. The first-order chi connectivity index (χ1) is 16.7. The SMILES string of the molecule is CCCNC(=O)c1c[nH]c(Oc2oc3cccc(OCCCNCc4cccnc4)c3c2C)c1. The Morgan fingerprint density at radius 2 is 2.12 bits per heavy atom. The molecule has 0 fully saturated rings. The van der Waals surface area contributed by atoms with E-state index in [2.05, 4.69) is 20.6 Å². The highest BCUT2D eigenvalue weighted by Crippen LogP contribution is 2.38. The molecule has 0 spiro atoms. The first kappa shape index (κ1) is 23.4. The van der Waals surface area contributed by atoms with Crippen LogP contribution in [-0.4, -0.2) is 35.6 Å². The zero-order valence-corrected chi connectivity index (χ0v) is 19.5. The predicted octanol–water partition coefficient (Wildman–Crippen LogP) is 4.96. The van der Waals surface area contributed by atoms with E-state index in [4.69, 9.17) is 13.9 Å². The van der Waals surface area contributed by atoms with Crippen molar-refractivity contribution in [3.05, 3.63) is 71.7 Å². The molecule has 3 heterocycles. The van der Waals surface area contributed by atoms with Crippen LogP contribution in [0.5, 0.6) is 17.6 Å². The molecule has 1 aromatic carbocycles. The second-order valence-electron chi connectivity index (χ2n) is 7.99. The summed E-state index contributed by atoms with van der Waals surface area (Å²) in [7, 11) is 0. The number of nitrogens with zero attached hydrogens (tertiary/aromatic N) is 1. The third kappa shape index (κ3) is 5.77. The van der Waals surface area contributed by atoms with Gasteiger partial charge in [0.05, 0.1) is 17.6 Å². The van der Waals surface area contributed by atoms with Crippen molar-refractivity contribution in [2.24, 2.45) is 0 Å². The van der Waals surface area contributed by atoms with Gasteiger partial charge in [0.15, 0.2) is 0 Å². The summed E-state index contributed by atoms with van der Waals surface area (Å²) in [6, 6.07) is 11.4.